The van der Waals surface area contributed by atoms with Gasteiger partial charge >= 0.3 is 16.9 Å². The van der Waals surface area contributed by atoms with E-state index in [1.54, 1.807) is 0 Å². The Kier molecular flexibility index (Phi) is 2.80. The van der Waals surface area contributed by atoms with Crippen molar-refractivity contribution in [3.05, 3.63) is 37.1 Å². The van der Waals surface area contributed by atoms with Crippen molar-refractivity contribution in [2.45, 2.75) is 31.4 Å². The minimum Gasteiger partial charge on any atom is -0.391 e. The molecule has 0 bridgehead atoms. The van der Waals surface area contributed by atoms with Crippen molar-refractivity contribution in [3.63, 3.8) is 0 Å². The van der Waals surface area contributed by atoms with Crippen molar-refractivity contribution >= 4 is 5.69 Å². The normalized spacial score (nSPS) is 23.8. The Bertz CT molecular complexity index is 560. The molecule has 1 aliphatic carbocycles. The minimum atomic E-state index is -1.02. The minimum absolute atomic E-state index is 0.502. The summed E-state index contributed by atoms with van der Waals surface area (Å²) in [5.41, 5.74) is -2.45. The second-order valence-corrected chi connectivity index (χ2v) is 4.00. The van der Waals surface area contributed by atoms with Gasteiger partial charge in [-0.05, 0) is 19.3 Å². The third kappa shape index (κ3) is 1.98. The first-order chi connectivity index (χ1) is 8.00. The molecule has 0 radical (unpaired) electrons. The Balaban J connectivity index is 2.54. The molecule has 1 aliphatic rings. The lowest BCUT2D eigenvalue weighted by Gasteiger charge is -2.16. The SMILES string of the molecule is O=c1[nH]c(=O)n([C@H]2CCC[C@@H]2O)cc1[N+](=O)[O-]. The first kappa shape index (κ1) is 11.5. The topological polar surface area (TPSA) is 118 Å². The van der Waals surface area contributed by atoms with Gasteiger partial charge in [-0.2, -0.15) is 0 Å². The molecule has 8 heteroatoms. The van der Waals surface area contributed by atoms with Gasteiger partial charge in [0, 0.05) is 0 Å². The molecule has 0 aromatic carbocycles. The van der Waals surface area contributed by atoms with Crippen LogP contribution < -0.4 is 11.2 Å². The van der Waals surface area contributed by atoms with Crippen molar-refractivity contribution < 1.29 is 10.0 Å². The lowest BCUT2D eigenvalue weighted by Crippen LogP contribution is -2.35. The van der Waals surface area contributed by atoms with E-state index in [0.29, 0.717) is 12.8 Å². The summed E-state index contributed by atoms with van der Waals surface area (Å²) in [4.78, 5) is 34.3. The van der Waals surface area contributed by atoms with Crippen LogP contribution in [-0.4, -0.2) is 25.7 Å². The molecule has 2 atom stereocenters. The van der Waals surface area contributed by atoms with Crippen molar-refractivity contribution in [1.29, 1.82) is 0 Å². The molecule has 0 saturated heterocycles. The van der Waals surface area contributed by atoms with Gasteiger partial charge in [0.15, 0.2) is 0 Å². The molecule has 92 valence electrons. The molecule has 1 heterocycles. The van der Waals surface area contributed by atoms with Gasteiger partial charge in [0.2, 0.25) is 0 Å². The number of rotatable bonds is 2. The number of aliphatic hydroxyl groups is 1. The zero-order valence-electron chi connectivity index (χ0n) is 8.83. The summed E-state index contributed by atoms with van der Waals surface area (Å²) in [6.07, 6.45) is 2.04. The third-order valence-corrected chi connectivity index (χ3v) is 2.95. The number of nitrogens with zero attached hydrogens (tertiary/aromatic N) is 2. The Hall–Kier alpha value is -1.96. The van der Waals surface area contributed by atoms with Crippen LogP contribution in [0.2, 0.25) is 0 Å². The average molecular weight is 241 g/mol. The second-order valence-electron chi connectivity index (χ2n) is 4.00. The monoisotopic (exact) mass is 241 g/mol. The number of nitro groups is 1. The van der Waals surface area contributed by atoms with E-state index in [-0.39, 0.29) is 0 Å². The fourth-order valence-corrected chi connectivity index (χ4v) is 2.10. The third-order valence-electron chi connectivity index (χ3n) is 2.95. The fraction of sp³-hybridized carbons (Fsp3) is 0.556. The predicted molar refractivity (Wildman–Crippen MR) is 56.9 cm³/mol. The van der Waals surface area contributed by atoms with Crippen LogP contribution >= 0.6 is 0 Å². The molecule has 0 spiro atoms. The van der Waals surface area contributed by atoms with Crippen LogP contribution in [0.15, 0.2) is 15.8 Å². The number of aromatic amines is 1. The summed E-state index contributed by atoms with van der Waals surface area (Å²) in [5.74, 6) is 0. The molecule has 2 N–H and O–H groups in total. The van der Waals surface area contributed by atoms with Crippen LogP contribution in [0.1, 0.15) is 25.3 Å². The Morgan fingerprint density at radius 1 is 1.47 bits per heavy atom. The van der Waals surface area contributed by atoms with E-state index in [9.17, 15) is 24.8 Å². The van der Waals surface area contributed by atoms with E-state index < -0.39 is 34.0 Å². The zero-order chi connectivity index (χ0) is 12.6. The highest BCUT2D eigenvalue weighted by Crippen LogP contribution is 2.28. The van der Waals surface area contributed by atoms with Crippen LogP contribution in [0.3, 0.4) is 0 Å². The van der Waals surface area contributed by atoms with Crippen molar-refractivity contribution in [3.8, 4) is 0 Å². The predicted octanol–water partition coefficient (Wildman–Crippen LogP) is -0.469. The second kappa shape index (κ2) is 4.13. The highest BCUT2D eigenvalue weighted by molar-refractivity contribution is 5.21. The van der Waals surface area contributed by atoms with Gasteiger partial charge in [-0.15, -0.1) is 0 Å². The van der Waals surface area contributed by atoms with Gasteiger partial charge < -0.3 is 5.11 Å². The smallest absolute Gasteiger partial charge is 0.350 e. The summed E-state index contributed by atoms with van der Waals surface area (Å²) < 4.78 is 1.04. The highest BCUT2D eigenvalue weighted by Gasteiger charge is 2.29. The molecular weight excluding hydrogens is 230 g/mol. The number of hydrogen-bond acceptors (Lipinski definition) is 5. The number of aromatic nitrogens is 2. The molecule has 17 heavy (non-hydrogen) atoms. The van der Waals surface area contributed by atoms with Gasteiger partial charge in [-0.3, -0.25) is 24.5 Å². The van der Waals surface area contributed by atoms with Crippen molar-refractivity contribution in [1.82, 2.24) is 9.55 Å². The largest absolute Gasteiger partial charge is 0.391 e. The lowest BCUT2D eigenvalue weighted by molar-refractivity contribution is -0.386. The standard InChI is InChI=1S/C9H11N3O5/c13-7-3-1-2-5(7)11-4-6(12(16)17)8(14)10-9(11)15/h4-5,7,13H,1-3H2,(H,10,14,15)/t5-,7-/m0/s1. The summed E-state index contributed by atoms with van der Waals surface area (Å²) >= 11 is 0. The Labute approximate surface area is 94.7 Å². The number of H-pyrrole nitrogens is 1. The molecule has 1 aromatic rings. The van der Waals surface area contributed by atoms with Crippen LogP contribution in [0, 0.1) is 10.1 Å². The molecule has 0 unspecified atom stereocenters. The molecule has 8 nitrogen and oxygen atoms in total. The molecule has 0 aliphatic heterocycles. The van der Waals surface area contributed by atoms with Crippen LogP contribution in [0.5, 0.6) is 0 Å². The summed E-state index contributed by atoms with van der Waals surface area (Å²) in [5, 5.41) is 20.2. The summed E-state index contributed by atoms with van der Waals surface area (Å²) in [7, 11) is 0. The number of nitrogens with one attached hydrogen (secondary N) is 1. The number of aliphatic hydroxyl groups excluding tert-OH is 1. The molecule has 2 rings (SSSR count). The molecule has 1 aromatic heterocycles. The number of hydrogen-bond donors (Lipinski definition) is 2. The van der Waals surface area contributed by atoms with Crippen molar-refractivity contribution in [2.75, 3.05) is 0 Å². The van der Waals surface area contributed by atoms with E-state index in [1.165, 1.54) is 0 Å². The van der Waals surface area contributed by atoms with E-state index >= 15 is 0 Å². The molecule has 1 fully saturated rings. The lowest BCUT2D eigenvalue weighted by atomic mass is 10.2. The van der Waals surface area contributed by atoms with E-state index in [4.69, 9.17) is 0 Å². The summed E-state index contributed by atoms with van der Waals surface area (Å²) in [6, 6.07) is -0.502. The van der Waals surface area contributed by atoms with Crippen LogP contribution in [-0.2, 0) is 0 Å². The van der Waals surface area contributed by atoms with Gasteiger partial charge in [-0.25, -0.2) is 4.79 Å². The Morgan fingerprint density at radius 2 is 2.18 bits per heavy atom. The average Bonchev–Trinajstić information content (AvgIpc) is 2.64. The first-order valence-corrected chi connectivity index (χ1v) is 5.18. The maximum Gasteiger partial charge on any atom is 0.350 e. The molecule has 0 amide bonds. The highest BCUT2D eigenvalue weighted by atomic mass is 16.6. The van der Waals surface area contributed by atoms with Gasteiger partial charge in [0.05, 0.1) is 23.3 Å². The maximum absolute atomic E-state index is 11.5. The van der Waals surface area contributed by atoms with Gasteiger partial charge in [0.25, 0.3) is 0 Å². The van der Waals surface area contributed by atoms with E-state index in [1.807, 2.05) is 4.98 Å². The van der Waals surface area contributed by atoms with Crippen LogP contribution in [0.25, 0.3) is 0 Å². The molecule has 1 saturated carbocycles. The zero-order valence-corrected chi connectivity index (χ0v) is 8.83. The van der Waals surface area contributed by atoms with Gasteiger partial charge in [-0.1, -0.05) is 0 Å². The van der Waals surface area contributed by atoms with Crippen molar-refractivity contribution in [2.24, 2.45) is 0 Å². The van der Waals surface area contributed by atoms with Crippen LogP contribution in [0.4, 0.5) is 5.69 Å². The fourth-order valence-electron chi connectivity index (χ4n) is 2.10. The summed E-state index contributed by atoms with van der Waals surface area (Å²) in [6.45, 7) is 0. The quantitative estimate of drug-likeness (QED) is 0.536. The van der Waals surface area contributed by atoms with Gasteiger partial charge in [0.1, 0.15) is 0 Å². The van der Waals surface area contributed by atoms with E-state index in [0.717, 1.165) is 17.2 Å². The van der Waals surface area contributed by atoms with E-state index in [2.05, 4.69) is 0 Å². The molecular formula is C9H11N3O5. The maximum atomic E-state index is 11.5. The Morgan fingerprint density at radius 3 is 2.71 bits per heavy atom. The first-order valence-electron chi connectivity index (χ1n) is 5.18.